The summed E-state index contributed by atoms with van der Waals surface area (Å²) in [6.45, 7) is 8.88. The summed E-state index contributed by atoms with van der Waals surface area (Å²) in [6, 6.07) is 3.95. The molecule has 3 heterocycles. The maximum Gasteiger partial charge on any atom is 0.312 e. The molecule has 3 N–H and O–H groups in total. The minimum absolute atomic E-state index is 0.0276. The SMILES string of the molecule is CC(C)(C)NCCCn1c(Cc2cc3c(cc2[124I])OCCO3)nc2c(N)nc(F)nc21. The highest BCUT2D eigenvalue weighted by molar-refractivity contribution is 14.1. The number of fused-ring (bicyclic) bond motifs is 2. The van der Waals surface area contributed by atoms with Gasteiger partial charge in [-0.05, 0) is 74.0 Å². The zero-order valence-corrected chi connectivity index (χ0v) is 20.0. The topological polar surface area (TPSA) is 100 Å². The van der Waals surface area contributed by atoms with E-state index in [-0.39, 0.29) is 11.4 Å². The molecule has 8 nitrogen and oxygen atoms in total. The van der Waals surface area contributed by atoms with Crippen molar-refractivity contribution in [2.75, 3.05) is 25.5 Å². The molecule has 0 radical (unpaired) electrons. The molecule has 0 spiro atoms. The van der Waals surface area contributed by atoms with E-state index in [0.29, 0.717) is 37.3 Å². The van der Waals surface area contributed by atoms with E-state index in [1.807, 2.05) is 16.7 Å². The number of hydrogen-bond acceptors (Lipinski definition) is 7. The lowest BCUT2D eigenvalue weighted by Crippen LogP contribution is -2.36. The number of aromatic nitrogens is 4. The third-order valence-corrected chi connectivity index (χ3v) is 5.95. The molecule has 10 heteroatoms. The molecule has 0 fully saturated rings. The zero-order valence-electron chi connectivity index (χ0n) is 17.8. The van der Waals surface area contributed by atoms with Gasteiger partial charge in [0, 0.05) is 22.1 Å². The highest BCUT2D eigenvalue weighted by Crippen LogP contribution is 2.35. The van der Waals surface area contributed by atoms with Crippen LogP contribution in [0.5, 0.6) is 11.5 Å². The predicted molar refractivity (Wildman–Crippen MR) is 125 cm³/mol. The first-order valence-electron chi connectivity index (χ1n) is 10.2. The van der Waals surface area contributed by atoms with Gasteiger partial charge in [-0.1, -0.05) is 0 Å². The van der Waals surface area contributed by atoms with E-state index >= 15 is 0 Å². The summed E-state index contributed by atoms with van der Waals surface area (Å²) in [7, 11) is 0. The van der Waals surface area contributed by atoms with E-state index in [1.54, 1.807) is 0 Å². The lowest BCUT2D eigenvalue weighted by Gasteiger charge is -2.21. The van der Waals surface area contributed by atoms with Crippen molar-refractivity contribution in [3.05, 3.63) is 33.2 Å². The van der Waals surface area contributed by atoms with Gasteiger partial charge in [0.25, 0.3) is 0 Å². The normalized spacial score (nSPS) is 13.7. The average molecular weight is 537 g/mol. The van der Waals surface area contributed by atoms with E-state index in [4.69, 9.17) is 15.2 Å². The smallest absolute Gasteiger partial charge is 0.312 e. The van der Waals surface area contributed by atoms with Gasteiger partial charge in [-0.3, -0.25) is 0 Å². The van der Waals surface area contributed by atoms with E-state index in [9.17, 15) is 4.39 Å². The van der Waals surface area contributed by atoms with Crippen LogP contribution in [0, 0.1) is 9.65 Å². The Kier molecular flexibility index (Phi) is 6.20. The number of ether oxygens (including phenoxy) is 2. The standard InChI is InChI=1S/C21H26FIN6O2/c1-21(2,3)25-5-4-6-29-16(26-17-18(24)27-20(22)28-19(17)29)10-12-9-14-15(11-13(12)23)31-8-7-30-14/h9,11,25H,4-8,10H2,1-3H3,(H2,24,27,28)/i23-3. The Bertz CT molecular complexity index is 1110. The number of halogens is 2. The second-order valence-electron chi connectivity index (χ2n) is 8.52. The summed E-state index contributed by atoms with van der Waals surface area (Å²) in [4.78, 5) is 12.3. The first-order valence-corrected chi connectivity index (χ1v) is 11.3. The largest absolute Gasteiger partial charge is 0.486 e. The first-order chi connectivity index (χ1) is 14.7. The number of nitrogens with one attached hydrogen (secondary N) is 1. The van der Waals surface area contributed by atoms with Crippen LogP contribution in [0.4, 0.5) is 10.2 Å². The second kappa shape index (κ2) is 8.73. The molecule has 0 bridgehead atoms. The van der Waals surface area contributed by atoms with Gasteiger partial charge >= 0.3 is 6.08 Å². The van der Waals surface area contributed by atoms with Gasteiger partial charge in [-0.15, -0.1) is 0 Å². The molecule has 1 aliphatic rings. The molecule has 3 aromatic rings. The Balaban J connectivity index is 1.67. The van der Waals surface area contributed by atoms with Gasteiger partial charge < -0.3 is 25.1 Å². The van der Waals surface area contributed by atoms with Crippen LogP contribution in [-0.2, 0) is 13.0 Å². The van der Waals surface area contributed by atoms with Crippen molar-refractivity contribution in [3.63, 3.8) is 0 Å². The third kappa shape index (κ3) is 5.00. The summed E-state index contributed by atoms with van der Waals surface area (Å²) in [5.41, 5.74) is 7.86. The highest BCUT2D eigenvalue weighted by atomic mass is 124. The van der Waals surface area contributed by atoms with Crippen LogP contribution in [0.1, 0.15) is 38.6 Å². The lowest BCUT2D eigenvalue weighted by molar-refractivity contribution is 0.171. The van der Waals surface area contributed by atoms with Crippen molar-refractivity contribution in [3.8, 4) is 11.5 Å². The molecular weight excluding hydrogens is 511 g/mol. The monoisotopic (exact) mass is 537 g/mol. The fourth-order valence-electron chi connectivity index (χ4n) is 3.52. The summed E-state index contributed by atoms with van der Waals surface area (Å²) in [6.07, 6.45) is 0.512. The van der Waals surface area contributed by atoms with Crippen LogP contribution < -0.4 is 20.5 Å². The Morgan fingerprint density at radius 1 is 1.16 bits per heavy atom. The number of aryl methyl sites for hydroxylation is 1. The lowest BCUT2D eigenvalue weighted by atomic mass is 10.1. The Labute approximate surface area is 193 Å². The number of rotatable bonds is 6. The van der Waals surface area contributed by atoms with Crippen LogP contribution in [0.25, 0.3) is 11.2 Å². The van der Waals surface area contributed by atoms with E-state index in [0.717, 1.165) is 39.4 Å². The number of nitrogens with two attached hydrogens (primary N) is 1. The number of nitrogen functional groups attached to an aromatic ring is 1. The van der Waals surface area contributed by atoms with Crippen LogP contribution in [0.2, 0.25) is 0 Å². The molecule has 31 heavy (non-hydrogen) atoms. The van der Waals surface area contributed by atoms with Gasteiger partial charge in [-0.2, -0.15) is 14.4 Å². The maximum absolute atomic E-state index is 13.9. The number of nitrogens with zero attached hydrogens (tertiary/aromatic N) is 4. The van der Waals surface area contributed by atoms with Gasteiger partial charge in [-0.25, -0.2) is 4.98 Å². The molecule has 2 aromatic heterocycles. The van der Waals surface area contributed by atoms with E-state index in [1.165, 1.54) is 0 Å². The molecule has 0 unspecified atom stereocenters. The van der Waals surface area contributed by atoms with Crippen LogP contribution >= 0.6 is 22.6 Å². The molecule has 0 saturated carbocycles. The first kappa shape index (κ1) is 22.0. The Morgan fingerprint density at radius 3 is 2.58 bits per heavy atom. The molecule has 0 saturated heterocycles. The quantitative estimate of drug-likeness (QED) is 0.283. The predicted octanol–water partition coefficient (Wildman–Crippen LogP) is 3.29. The summed E-state index contributed by atoms with van der Waals surface area (Å²) in [5.74, 6) is 2.28. The fourth-order valence-corrected chi connectivity index (χ4v) is 4.15. The summed E-state index contributed by atoms with van der Waals surface area (Å²) in [5, 5.41) is 3.47. The number of imidazole rings is 1. The van der Waals surface area contributed by atoms with Crippen molar-refractivity contribution >= 4 is 39.6 Å². The molecular formula is C21H26FIN6O2. The van der Waals surface area contributed by atoms with Crippen molar-refractivity contribution in [2.24, 2.45) is 0 Å². The molecule has 1 aromatic carbocycles. The van der Waals surface area contributed by atoms with Gasteiger partial charge in [0.05, 0.1) is 0 Å². The van der Waals surface area contributed by atoms with Crippen molar-refractivity contribution in [2.45, 2.75) is 45.7 Å². The van der Waals surface area contributed by atoms with Crippen LogP contribution in [0.3, 0.4) is 0 Å². The Morgan fingerprint density at radius 2 is 1.87 bits per heavy atom. The number of hydrogen-bond donors (Lipinski definition) is 2. The van der Waals surface area contributed by atoms with Crippen LogP contribution in [0.15, 0.2) is 12.1 Å². The molecule has 166 valence electrons. The molecule has 1 aliphatic heterocycles. The number of benzene rings is 1. The van der Waals surface area contributed by atoms with Crippen molar-refractivity contribution in [1.29, 1.82) is 0 Å². The molecule has 4 rings (SSSR count). The number of anilines is 1. The minimum Gasteiger partial charge on any atom is -0.486 e. The fraction of sp³-hybridized carbons (Fsp3) is 0.476. The van der Waals surface area contributed by atoms with E-state index in [2.05, 4.69) is 63.6 Å². The minimum atomic E-state index is -0.848. The van der Waals surface area contributed by atoms with Crippen LogP contribution in [-0.4, -0.2) is 44.8 Å². The van der Waals surface area contributed by atoms with Crippen molar-refractivity contribution < 1.29 is 13.9 Å². The van der Waals surface area contributed by atoms with E-state index < -0.39 is 6.08 Å². The zero-order chi connectivity index (χ0) is 22.2. The highest BCUT2D eigenvalue weighted by Gasteiger charge is 2.20. The maximum atomic E-state index is 13.9. The molecule has 0 amide bonds. The third-order valence-electron chi connectivity index (χ3n) is 4.95. The summed E-state index contributed by atoms with van der Waals surface area (Å²) < 4.78 is 28.3. The Hall–Kier alpha value is -2.21. The van der Waals surface area contributed by atoms with Gasteiger partial charge in [0.1, 0.15) is 19.0 Å². The molecule has 0 aliphatic carbocycles. The van der Waals surface area contributed by atoms with Gasteiger partial charge in [0.2, 0.25) is 0 Å². The van der Waals surface area contributed by atoms with Gasteiger partial charge in [0.15, 0.2) is 28.5 Å². The average Bonchev–Trinajstić information content (AvgIpc) is 3.02. The molecule has 0 atom stereocenters. The second-order valence-corrected chi connectivity index (χ2v) is 9.69. The summed E-state index contributed by atoms with van der Waals surface area (Å²) >= 11 is 2.28. The van der Waals surface area contributed by atoms with Crippen molar-refractivity contribution in [1.82, 2.24) is 24.8 Å².